The normalized spacial score (nSPS) is 12.1. The van der Waals surface area contributed by atoms with Gasteiger partial charge in [0.05, 0.1) is 24.2 Å². The lowest BCUT2D eigenvalue weighted by Gasteiger charge is -2.13. The number of nitrogens with one attached hydrogen (secondary N) is 1. The molecule has 1 atom stereocenters. The van der Waals surface area contributed by atoms with Gasteiger partial charge in [0.1, 0.15) is 17.4 Å². The number of hydrogen-bond acceptors (Lipinski definition) is 6. The molecular weight excluding hydrogens is 360 g/mol. The molecule has 0 radical (unpaired) electrons. The molecule has 2 aromatic rings. The molecule has 0 aliphatic heterocycles. The quantitative estimate of drug-likeness (QED) is 0.467. The van der Waals surface area contributed by atoms with E-state index in [2.05, 4.69) is 10.4 Å². The minimum atomic E-state index is -1.08. The number of ether oxygens (including phenoxy) is 2. The Kier molecular flexibility index (Phi) is 6.55. The first kappa shape index (κ1) is 20.7. The number of nitriles is 1. The summed E-state index contributed by atoms with van der Waals surface area (Å²) in [6.45, 7) is 5.03. The highest BCUT2D eigenvalue weighted by molar-refractivity contribution is 6.01. The van der Waals surface area contributed by atoms with Gasteiger partial charge in [-0.1, -0.05) is 12.1 Å². The number of aryl methyl sites for hydroxylation is 2. The van der Waals surface area contributed by atoms with Crippen LogP contribution in [0.2, 0.25) is 0 Å². The topological polar surface area (TPSA) is 106 Å². The average Bonchev–Trinajstić information content (AvgIpc) is 2.92. The fraction of sp³-hybridized carbons (Fsp3) is 0.300. The third kappa shape index (κ3) is 4.76. The molecule has 1 aromatic heterocycles. The van der Waals surface area contributed by atoms with Crippen LogP contribution >= 0.6 is 0 Å². The van der Waals surface area contributed by atoms with Gasteiger partial charge in [0.2, 0.25) is 0 Å². The Bertz CT molecular complexity index is 952. The van der Waals surface area contributed by atoms with Gasteiger partial charge >= 0.3 is 5.97 Å². The number of amides is 1. The number of rotatable bonds is 6. The van der Waals surface area contributed by atoms with E-state index in [1.807, 2.05) is 6.92 Å². The van der Waals surface area contributed by atoms with Crippen molar-refractivity contribution in [3.05, 3.63) is 46.8 Å². The molecule has 1 aromatic carbocycles. The zero-order valence-electron chi connectivity index (χ0n) is 16.4. The first-order valence-corrected chi connectivity index (χ1v) is 8.54. The van der Waals surface area contributed by atoms with Crippen molar-refractivity contribution in [2.45, 2.75) is 26.9 Å². The molecule has 8 heteroatoms. The Labute approximate surface area is 163 Å². The monoisotopic (exact) mass is 382 g/mol. The summed E-state index contributed by atoms with van der Waals surface area (Å²) < 4.78 is 11.9. The minimum absolute atomic E-state index is 0.210. The molecule has 1 N–H and O–H groups in total. The molecular formula is C20H22N4O4. The fourth-order valence-corrected chi connectivity index (χ4v) is 2.46. The van der Waals surface area contributed by atoms with Crippen LogP contribution in [0.15, 0.2) is 29.8 Å². The molecule has 0 fully saturated rings. The first-order valence-electron chi connectivity index (χ1n) is 8.54. The Morgan fingerprint density at radius 1 is 1.29 bits per heavy atom. The molecule has 1 heterocycles. The van der Waals surface area contributed by atoms with Gasteiger partial charge in [0, 0.05) is 7.05 Å². The second-order valence-electron chi connectivity index (χ2n) is 6.15. The number of nitrogens with zero attached hydrogens (tertiary/aromatic N) is 3. The molecule has 0 saturated heterocycles. The van der Waals surface area contributed by atoms with Crippen LogP contribution in [-0.2, 0) is 21.4 Å². The van der Waals surface area contributed by atoms with E-state index < -0.39 is 18.0 Å². The van der Waals surface area contributed by atoms with Gasteiger partial charge in [-0.15, -0.1) is 0 Å². The number of hydrogen-bond donors (Lipinski definition) is 1. The molecule has 28 heavy (non-hydrogen) atoms. The Morgan fingerprint density at radius 3 is 2.43 bits per heavy atom. The number of methoxy groups -OCH3 is 1. The van der Waals surface area contributed by atoms with Crippen LogP contribution in [0.4, 0.5) is 5.69 Å². The third-order valence-electron chi connectivity index (χ3n) is 4.18. The number of benzene rings is 1. The smallest absolute Gasteiger partial charge is 0.349 e. The second kappa shape index (κ2) is 8.86. The van der Waals surface area contributed by atoms with Crippen molar-refractivity contribution >= 4 is 23.6 Å². The lowest BCUT2D eigenvalue weighted by Crippen LogP contribution is -2.30. The van der Waals surface area contributed by atoms with Crippen LogP contribution < -0.4 is 10.1 Å². The number of aromatic nitrogens is 2. The Morgan fingerprint density at radius 2 is 1.93 bits per heavy atom. The second-order valence-corrected chi connectivity index (χ2v) is 6.15. The summed E-state index contributed by atoms with van der Waals surface area (Å²) in [4.78, 5) is 24.6. The van der Waals surface area contributed by atoms with Gasteiger partial charge in [-0.2, -0.15) is 10.4 Å². The van der Waals surface area contributed by atoms with Gasteiger partial charge in [-0.3, -0.25) is 9.48 Å². The zero-order valence-corrected chi connectivity index (χ0v) is 16.4. The van der Waals surface area contributed by atoms with Crippen LogP contribution in [0.3, 0.4) is 0 Å². The van der Waals surface area contributed by atoms with Crippen molar-refractivity contribution in [1.29, 1.82) is 5.26 Å². The van der Waals surface area contributed by atoms with E-state index in [1.54, 1.807) is 56.1 Å². The molecule has 0 unspecified atom stereocenters. The van der Waals surface area contributed by atoms with E-state index in [0.717, 1.165) is 5.69 Å². The maximum Gasteiger partial charge on any atom is 0.349 e. The van der Waals surface area contributed by atoms with E-state index in [1.165, 1.54) is 13.0 Å². The maximum atomic E-state index is 12.4. The summed E-state index contributed by atoms with van der Waals surface area (Å²) >= 11 is 0. The average molecular weight is 382 g/mol. The molecule has 0 saturated carbocycles. The molecule has 0 aliphatic carbocycles. The van der Waals surface area contributed by atoms with Crippen molar-refractivity contribution in [3.63, 3.8) is 0 Å². The van der Waals surface area contributed by atoms with Crippen LogP contribution in [-0.4, -0.2) is 34.9 Å². The number of anilines is 1. The van der Waals surface area contributed by atoms with Gasteiger partial charge in [0.25, 0.3) is 5.91 Å². The Hall–Kier alpha value is -3.60. The van der Waals surface area contributed by atoms with E-state index in [9.17, 15) is 14.9 Å². The molecule has 2 rings (SSSR count). The van der Waals surface area contributed by atoms with Crippen molar-refractivity contribution in [2.24, 2.45) is 7.05 Å². The summed E-state index contributed by atoms with van der Waals surface area (Å²) in [7, 11) is 3.31. The maximum absolute atomic E-state index is 12.4. The van der Waals surface area contributed by atoms with Crippen molar-refractivity contribution in [1.82, 2.24) is 9.78 Å². The standard InChI is InChI=1S/C20H22N4O4/c1-12-18(13(2)24(4)23-12)22-19(25)14(3)28-20(26)16(11-21)10-15-6-8-17(27-5)9-7-15/h6-10,14H,1-5H3,(H,22,25)/b16-10+/t14-/m1/s1. The molecule has 1 amide bonds. The van der Waals surface area contributed by atoms with Crippen molar-refractivity contribution in [3.8, 4) is 11.8 Å². The summed E-state index contributed by atoms with van der Waals surface area (Å²) in [6, 6.07) is 8.63. The van der Waals surface area contributed by atoms with Gasteiger partial charge in [-0.05, 0) is 44.5 Å². The van der Waals surface area contributed by atoms with E-state index in [4.69, 9.17) is 9.47 Å². The van der Waals surface area contributed by atoms with Gasteiger partial charge in [0.15, 0.2) is 6.10 Å². The molecule has 146 valence electrons. The third-order valence-corrected chi connectivity index (χ3v) is 4.18. The van der Waals surface area contributed by atoms with Crippen LogP contribution in [0.1, 0.15) is 23.9 Å². The molecule has 0 spiro atoms. The highest BCUT2D eigenvalue weighted by atomic mass is 16.5. The summed E-state index contributed by atoms with van der Waals surface area (Å²) in [6.07, 6.45) is 0.307. The van der Waals surface area contributed by atoms with Crippen LogP contribution in [0.25, 0.3) is 6.08 Å². The van der Waals surface area contributed by atoms with E-state index >= 15 is 0 Å². The van der Waals surface area contributed by atoms with Crippen LogP contribution in [0.5, 0.6) is 5.75 Å². The fourth-order valence-electron chi connectivity index (χ4n) is 2.46. The number of carbonyl (C=O) groups is 2. The number of carbonyl (C=O) groups excluding carboxylic acids is 2. The molecule has 0 aliphatic rings. The predicted molar refractivity (Wildman–Crippen MR) is 103 cm³/mol. The number of esters is 1. The highest BCUT2D eigenvalue weighted by Crippen LogP contribution is 2.19. The van der Waals surface area contributed by atoms with Crippen molar-refractivity contribution in [2.75, 3.05) is 12.4 Å². The first-order chi connectivity index (χ1) is 13.3. The summed E-state index contributed by atoms with van der Waals surface area (Å²) in [5.74, 6) is -0.723. The zero-order chi connectivity index (χ0) is 20.8. The highest BCUT2D eigenvalue weighted by Gasteiger charge is 2.22. The minimum Gasteiger partial charge on any atom is -0.497 e. The SMILES string of the molecule is COc1ccc(/C=C(\C#N)C(=O)O[C@H](C)C(=O)Nc2c(C)nn(C)c2C)cc1. The van der Waals surface area contributed by atoms with Crippen molar-refractivity contribution < 1.29 is 19.1 Å². The van der Waals surface area contributed by atoms with Gasteiger partial charge in [-0.25, -0.2) is 4.79 Å². The molecule has 8 nitrogen and oxygen atoms in total. The van der Waals surface area contributed by atoms with Crippen LogP contribution in [0, 0.1) is 25.2 Å². The van der Waals surface area contributed by atoms with Gasteiger partial charge < -0.3 is 14.8 Å². The Balaban J connectivity index is 2.07. The predicted octanol–water partition coefficient (Wildman–Crippen LogP) is 2.52. The lowest BCUT2D eigenvalue weighted by molar-refractivity contribution is -0.148. The largest absolute Gasteiger partial charge is 0.497 e. The van der Waals surface area contributed by atoms with E-state index in [-0.39, 0.29) is 5.57 Å². The summed E-state index contributed by atoms with van der Waals surface area (Å²) in [5, 5.41) is 16.2. The molecule has 0 bridgehead atoms. The lowest BCUT2D eigenvalue weighted by atomic mass is 10.1. The summed E-state index contributed by atoms with van der Waals surface area (Å²) in [5.41, 5.74) is 2.43. The van der Waals surface area contributed by atoms with E-state index in [0.29, 0.717) is 22.7 Å².